The summed E-state index contributed by atoms with van der Waals surface area (Å²) in [6, 6.07) is 7.56. The molecule has 108 valence electrons. The van der Waals surface area contributed by atoms with Crippen LogP contribution in [0.4, 0.5) is 11.4 Å². The number of halogens is 1. The van der Waals surface area contributed by atoms with Crippen LogP contribution in [0.5, 0.6) is 0 Å². The zero-order valence-corrected chi connectivity index (χ0v) is 12.3. The summed E-state index contributed by atoms with van der Waals surface area (Å²) in [4.78, 5) is 16.3. The molecule has 2 aromatic rings. The smallest absolute Gasteiger partial charge is 0.258 e. The van der Waals surface area contributed by atoms with Crippen LogP contribution in [0.15, 0.2) is 30.5 Å². The van der Waals surface area contributed by atoms with Crippen LogP contribution >= 0.6 is 11.6 Å². The largest absolute Gasteiger partial charge is 0.397 e. The van der Waals surface area contributed by atoms with Crippen LogP contribution in [0.3, 0.4) is 0 Å². The first-order chi connectivity index (χ1) is 10.1. The molecule has 0 spiro atoms. The second kappa shape index (κ2) is 5.74. The summed E-state index contributed by atoms with van der Waals surface area (Å²) >= 11 is 5.97. The topological polar surface area (TPSA) is 68.0 Å². The zero-order valence-electron chi connectivity index (χ0n) is 11.5. The van der Waals surface area contributed by atoms with Crippen LogP contribution in [-0.4, -0.2) is 10.9 Å². The van der Waals surface area contributed by atoms with E-state index in [0.717, 1.165) is 24.9 Å². The van der Waals surface area contributed by atoms with E-state index in [0.29, 0.717) is 11.3 Å². The number of rotatable bonds is 2. The summed E-state index contributed by atoms with van der Waals surface area (Å²) in [6.45, 7) is 0. The summed E-state index contributed by atoms with van der Waals surface area (Å²) < 4.78 is 0. The van der Waals surface area contributed by atoms with Gasteiger partial charge < -0.3 is 11.1 Å². The molecule has 1 aliphatic rings. The maximum Gasteiger partial charge on any atom is 0.258 e. The fourth-order valence-electron chi connectivity index (χ4n) is 2.71. The highest BCUT2D eigenvalue weighted by molar-refractivity contribution is 6.33. The Hall–Kier alpha value is -2.07. The van der Waals surface area contributed by atoms with Gasteiger partial charge in [-0.05, 0) is 48.9 Å². The number of hydrogen-bond donors (Lipinski definition) is 2. The first-order valence-corrected chi connectivity index (χ1v) is 7.36. The Morgan fingerprint density at radius 2 is 2.10 bits per heavy atom. The predicted molar refractivity (Wildman–Crippen MR) is 84.7 cm³/mol. The molecule has 0 atom stereocenters. The summed E-state index contributed by atoms with van der Waals surface area (Å²) in [5.41, 5.74) is 9.78. The van der Waals surface area contributed by atoms with E-state index in [9.17, 15) is 4.79 Å². The zero-order chi connectivity index (χ0) is 14.8. The lowest BCUT2D eigenvalue weighted by Crippen LogP contribution is -2.16. The number of carbonyl (C=O) groups excluding carboxylic acids is 1. The molecule has 1 aliphatic carbocycles. The molecule has 1 amide bonds. The molecule has 21 heavy (non-hydrogen) atoms. The third-order valence-electron chi connectivity index (χ3n) is 3.75. The van der Waals surface area contributed by atoms with E-state index in [1.165, 1.54) is 23.7 Å². The number of nitrogens with two attached hydrogens (primary N) is 1. The Balaban J connectivity index is 1.90. The molecule has 0 bridgehead atoms. The van der Waals surface area contributed by atoms with Gasteiger partial charge in [0, 0.05) is 5.69 Å². The van der Waals surface area contributed by atoms with Crippen molar-refractivity contribution in [3.63, 3.8) is 0 Å². The highest BCUT2D eigenvalue weighted by Crippen LogP contribution is 2.28. The van der Waals surface area contributed by atoms with Crippen molar-refractivity contribution in [2.75, 3.05) is 11.1 Å². The number of amides is 1. The first kappa shape index (κ1) is 13.9. The maximum absolute atomic E-state index is 12.4. The van der Waals surface area contributed by atoms with Gasteiger partial charge in [-0.1, -0.05) is 23.7 Å². The molecule has 1 aromatic heterocycles. The third kappa shape index (κ3) is 2.85. The summed E-state index contributed by atoms with van der Waals surface area (Å²) in [5, 5.41) is 3.09. The molecule has 0 aliphatic heterocycles. The third-order valence-corrected chi connectivity index (χ3v) is 4.05. The van der Waals surface area contributed by atoms with Crippen LogP contribution in [0.25, 0.3) is 0 Å². The number of fused-ring (bicyclic) bond motifs is 1. The van der Waals surface area contributed by atoms with Gasteiger partial charge in [-0.15, -0.1) is 0 Å². The Morgan fingerprint density at radius 3 is 2.95 bits per heavy atom. The van der Waals surface area contributed by atoms with Gasteiger partial charge in [0.25, 0.3) is 5.91 Å². The lowest BCUT2D eigenvalue weighted by Gasteiger charge is -2.19. The van der Waals surface area contributed by atoms with Crippen LogP contribution in [0.2, 0.25) is 5.15 Å². The Bertz CT molecular complexity index is 700. The number of aryl methyl sites for hydroxylation is 1. The van der Waals surface area contributed by atoms with Gasteiger partial charge in [0.15, 0.2) is 0 Å². The molecule has 4 nitrogen and oxygen atoms in total. The van der Waals surface area contributed by atoms with Crippen molar-refractivity contribution in [2.45, 2.75) is 25.7 Å². The van der Waals surface area contributed by atoms with Crippen LogP contribution < -0.4 is 11.1 Å². The van der Waals surface area contributed by atoms with Gasteiger partial charge in [0.05, 0.1) is 17.4 Å². The average Bonchev–Trinajstić information content (AvgIpc) is 2.50. The molecule has 0 fully saturated rings. The Labute approximate surface area is 128 Å². The van der Waals surface area contributed by atoms with Gasteiger partial charge in [-0.3, -0.25) is 4.79 Å². The fourth-order valence-corrected chi connectivity index (χ4v) is 2.90. The molecule has 0 saturated carbocycles. The van der Waals surface area contributed by atoms with Crippen LogP contribution in [0.1, 0.15) is 34.3 Å². The number of nitrogens with zero attached hydrogens (tertiary/aromatic N) is 1. The van der Waals surface area contributed by atoms with E-state index in [2.05, 4.69) is 16.4 Å². The molecular formula is C16H16ClN3O. The van der Waals surface area contributed by atoms with Crippen molar-refractivity contribution < 1.29 is 4.79 Å². The molecule has 0 saturated heterocycles. The van der Waals surface area contributed by atoms with Crippen molar-refractivity contribution in [1.29, 1.82) is 0 Å². The number of carbonyl (C=O) groups is 1. The van der Waals surface area contributed by atoms with Crippen LogP contribution in [0, 0.1) is 0 Å². The minimum atomic E-state index is -0.279. The number of benzene rings is 1. The maximum atomic E-state index is 12.4. The summed E-state index contributed by atoms with van der Waals surface area (Å²) in [6.07, 6.45) is 5.85. The number of pyridine rings is 1. The van der Waals surface area contributed by atoms with Gasteiger partial charge in [0.1, 0.15) is 5.15 Å². The van der Waals surface area contributed by atoms with E-state index >= 15 is 0 Å². The molecule has 0 unspecified atom stereocenters. The number of nitrogen functional groups attached to an aromatic ring is 1. The highest BCUT2D eigenvalue weighted by atomic mass is 35.5. The van der Waals surface area contributed by atoms with E-state index in [1.54, 1.807) is 6.07 Å². The second-order valence-electron chi connectivity index (χ2n) is 5.21. The molecule has 3 rings (SSSR count). The van der Waals surface area contributed by atoms with E-state index in [1.807, 2.05) is 12.1 Å². The van der Waals surface area contributed by atoms with Gasteiger partial charge >= 0.3 is 0 Å². The van der Waals surface area contributed by atoms with Gasteiger partial charge in [-0.2, -0.15) is 0 Å². The number of hydrogen-bond acceptors (Lipinski definition) is 3. The highest BCUT2D eigenvalue weighted by Gasteiger charge is 2.17. The lowest BCUT2D eigenvalue weighted by atomic mass is 9.90. The monoisotopic (exact) mass is 301 g/mol. The molecule has 5 heteroatoms. The quantitative estimate of drug-likeness (QED) is 0.835. The molecule has 1 heterocycles. The molecule has 0 radical (unpaired) electrons. The molecule has 3 N–H and O–H groups in total. The Morgan fingerprint density at radius 1 is 1.29 bits per heavy atom. The van der Waals surface area contributed by atoms with Crippen molar-refractivity contribution in [3.8, 4) is 0 Å². The van der Waals surface area contributed by atoms with Crippen molar-refractivity contribution in [1.82, 2.24) is 4.98 Å². The standard InChI is InChI=1S/C16H16ClN3O/c17-15-13(8-11(18)9-19-15)16(21)20-14-7-3-5-10-4-1-2-6-12(10)14/h3,5,7-9H,1-2,4,6,18H2,(H,20,21). The normalized spacial score (nSPS) is 13.6. The van der Waals surface area contributed by atoms with E-state index < -0.39 is 0 Å². The number of anilines is 2. The van der Waals surface area contributed by atoms with Gasteiger partial charge in [0.2, 0.25) is 0 Å². The lowest BCUT2D eigenvalue weighted by molar-refractivity contribution is 0.102. The number of aromatic nitrogens is 1. The minimum Gasteiger partial charge on any atom is -0.397 e. The van der Waals surface area contributed by atoms with E-state index in [-0.39, 0.29) is 11.1 Å². The fraction of sp³-hybridized carbons (Fsp3) is 0.250. The second-order valence-corrected chi connectivity index (χ2v) is 5.57. The van der Waals surface area contributed by atoms with Crippen molar-refractivity contribution in [3.05, 3.63) is 52.3 Å². The minimum absolute atomic E-state index is 0.159. The summed E-state index contributed by atoms with van der Waals surface area (Å²) in [7, 11) is 0. The van der Waals surface area contributed by atoms with Crippen molar-refractivity contribution >= 4 is 28.9 Å². The SMILES string of the molecule is Nc1cnc(Cl)c(C(=O)Nc2cccc3c2CCCC3)c1. The predicted octanol–water partition coefficient (Wildman–Crippen LogP) is 3.45. The molecular weight excluding hydrogens is 286 g/mol. The van der Waals surface area contributed by atoms with Crippen LogP contribution in [-0.2, 0) is 12.8 Å². The van der Waals surface area contributed by atoms with Gasteiger partial charge in [-0.25, -0.2) is 4.98 Å². The summed E-state index contributed by atoms with van der Waals surface area (Å²) in [5.74, 6) is -0.279. The van der Waals surface area contributed by atoms with E-state index in [4.69, 9.17) is 17.3 Å². The first-order valence-electron chi connectivity index (χ1n) is 6.98. The Kier molecular flexibility index (Phi) is 3.80. The molecule has 1 aromatic carbocycles. The van der Waals surface area contributed by atoms with Crippen molar-refractivity contribution in [2.24, 2.45) is 0 Å². The average molecular weight is 302 g/mol. The number of nitrogens with one attached hydrogen (secondary N) is 1.